The average molecular weight is 197 g/mol. The van der Waals surface area contributed by atoms with E-state index in [1.807, 2.05) is 0 Å². The summed E-state index contributed by atoms with van der Waals surface area (Å²) in [6, 6.07) is 0. The van der Waals surface area contributed by atoms with Crippen LogP contribution in [0.15, 0.2) is 12.7 Å². The van der Waals surface area contributed by atoms with E-state index >= 15 is 0 Å². The second kappa shape index (κ2) is 3.98. The van der Waals surface area contributed by atoms with Gasteiger partial charge >= 0.3 is 5.97 Å². The molecule has 0 amide bonds. The summed E-state index contributed by atoms with van der Waals surface area (Å²) >= 11 is 11.3. The first-order valence-electron chi connectivity index (χ1n) is 3.05. The Labute approximate surface area is 76.1 Å². The number of ether oxygens (including phenoxy) is 1. The van der Waals surface area contributed by atoms with Gasteiger partial charge in [0.1, 0.15) is 0 Å². The molecule has 0 spiro atoms. The number of hydrogen-bond acceptors (Lipinski definition) is 2. The molecule has 0 saturated carbocycles. The smallest absolute Gasteiger partial charge is 0.342 e. The van der Waals surface area contributed by atoms with Crippen molar-refractivity contribution in [2.75, 3.05) is 7.11 Å². The van der Waals surface area contributed by atoms with E-state index in [0.717, 1.165) is 0 Å². The summed E-state index contributed by atoms with van der Waals surface area (Å²) in [7, 11) is 1.23. The largest absolute Gasteiger partial charge is 0.467 e. The van der Waals surface area contributed by atoms with Crippen LogP contribution in [0, 0.1) is 5.92 Å². The Bertz CT molecular complexity index is 166. The highest BCUT2D eigenvalue weighted by atomic mass is 35.5. The molecule has 0 saturated heterocycles. The molecule has 0 aliphatic rings. The molecule has 0 bridgehead atoms. The molecule has 0 radical (unpaired) electrons. The van der Waals surface area contributed by atoms with Crippen molar-refractivity contribution in [2.45, 2.75) is 11.3 Å². The van der Waals surface area contributed by atoms with Gasteiger partial charge in [0.25, 0.3) is 0 Å². The van der Waals surface area contributed by atoms with Crippen molar-refractivity contribution < 1.29 is 9.53 Å². The Kier molecular flexibility index (Phi) is 3.90. The van der Waals surface area contributed by atoms with E-state index in [9.17, 15) is 4.79 Å². The molecule has 1 atom stereocenters. The molecule has 2 nitrogen and oxygen atoms in total. The Morgan fingerprint density at radius 1 is 1.73 bits per heavy atom. The SMILES string of the molecule is C=CC(C)C(Cl)(Cl)C(=O)OC. The number of alkyl halides is 2. The maximum Gasteiger partial charge on any atom is 0.342 e. The fraction of sp³-hybridized carbons (Fsp3) is 0.571. The Balaban J connectivity index is 4.43. The van der Waals surface area contributed by atoms with Gasteiger partial charge in [0.15, 0.2) is 0 Å². The lowest BCUT2D eigenvalue weighted by Crippen LogP contribution is -2.33. The van der Waals surface area contributed by atoms with Gasteiger partial charge in [0.2, 0.25) is 4.33 Å². The summed E-state index contributed by atoms with van der Waals surface area (Å²) in [5.41, 5.74) is 0. The fourth-order valence-electron chi connectivity index (χ4n) is 0.470. The Morgan fingerprint density at radius 2 is 2.18 bits per heavy atom. The minimum atomic E-state index is -1.52. The van der Waals surface area contributed by atoms with Gasteiger partial charge < -0.3 is 4.74 Å². The predicted molar refractivity (Wildman–Crippen MR) is 45.8 cm³/mol. The molecule has 0 aliphatic carbocycles. The number of hydrogen-bond donors (Lipinski definition) is 0. The quantitative estimate of drug-likeness (QED) is 0.393. The van der Waals surface area contributed by atoms with Crippen molar-refractivity contribution in [1.82, 2.24) is 0 Å². The summed E-state index contributed by atoms with van der Waals surface area (Å²) in [5.74, 6) is -0.994. The molecular formula is C7H10Cl2O2. The van der Waals surface area contributed by atoms with Gasteiger partial charge in [-0.15, -0.1) is 6.58 Å². The highest BCUT2D eigenvalue weighted by Crippen LogP contribution is 2.32. The topological polar surface area (TPSA) is 26.3 Å². The third-order valence-electron chi connectivity index (χ3n) is 1.38. The van der Waals surface area contributed by atoms with Crippen molar-refractivity contribution in [3.05, 3.63) is 12.7 Å². The average Bonchev–Trinajstić information content (AvgIpc) is 2.01. The summed E-state index contributed by atoms with van der Waals surface area (Å²) in [6.07, 6.45) is 1.50. The van der Waals surface area contributed by atoms with Gasteiger partial charge in [0.05, 0.1) is 7.11 Å². The zero-order valence-electron chi connectivity index (χ0n) is 6.43. The first-order valence-corrected chi connectivity index (χ1v) is 3.81. The maximum absolute atomic E-state index is 10.9. The first kappa shape index (κ1) is 10.8. The molecule has 1 unspecified atom stereocenters. The van der Waals surface area contributed by atoms with Gasteiger partial charge in [-0.25, -0.2) is 4.79 Å². The summed E-state index contributed by atoms with van der Waals surface area (Å²) < 4.78 is 2.87. The van der Waals surface area contributed by atoms with E-state index < -0.39 is 10.3 Å². The van der Waals surface area contributed by atoms with Gasteiger partial charge in [-0.05, 0) is 0 Å². The van der Waals surface area contributed by atoms with Crippen LogP contribution in [-0.4, -0.2) is 17.4 Å². The fourth-order valence-corrected chi connectivity index (χ4v) is 0.802. The van der Waals surface area contributed by atoms with Crippen LogP contribution < -0.4 is 0 Å². The van der Waals surface area contributed by atoms with Crippen LogP contribution in [0.2, 0.25) is 0 Å². The number of esters is 1. The lowest BCUT2D eigenvalue weighted by Gasteiger charge is -2.20. The van der Waals surface area contributed by atoms with E-state index in [0.29, 0.717) is 0 Å². The Hall–Kier alpha value is -0.210. The van der Waals surface area contributed by atoms with E-state index in [1.165, 1.54) is 13.2 Å². The number of allylic oxidation sites excluding steroid dienone is 1. The first-order chi connectivity index (χ1) is 4.96. The molecule has 0 heterocycles. The molecule has 64 valence electrons. The molecule has 0 rings (SSSR count). The van der Waals surface area contributed by atoms with Crippen LogP contribution in [0.3, 0.4) is 0 Å². The molecule has 4 heteroatoms. The van der Waals surface area contributed by atoms with Crippen LogP contribution in [-0.2, 0) is 9.53 Å². The van der Waals surface area contributed by atoms with E-state index in [-0.39, 0.29) is 5.92 Å². The Morgan fingerprint density at radius 3 is 2.45 bits per heavy atom. The van der Waals surface area contributed by atoms with Crippen LogP contribution in [0.1, 0.15) is 6.92 Å². The lowest BCUT2D eigenvalue weighted by atomic mass is 10.1. The summed E-state index contributed by atoms with van der Waals surface area (Å²) in [5, 5.41) is 0. The van der Waals surface area contributed by atoms with Crippen molar-refractivity contribution in [3.63, 3.8) is 0 Å². The molecule has 0 N–H and O–H groups in total. The summed E-state index contributed by atoms with van der Waals surface area (Å²) in [4.78, 5) is 10.9. The molecule has 11 heavy (non-hydrogen) atoms. The monoisotopic (exact) mass is 196 g/mol. The molecule has 0 aliphatic heterocycles. The van der Waals surface area contributed by atoms with Crippen molar-refractivity contribution in [2.24, 2.45) is 5.92 Å². The van der Waals surface area contributed by atoms with E-state index in [4.69, 9.17) is 23.2 Å². The van der Waals surface area contributed by atoms with Crippen molar-refractivity contribution in [1.29, 1.82) is 0 Å². The number of carbonyl (C=O) groups excluding carboxylic acids is 1. The van der Waals surface area contributed by atoms with Gasteiger partial charge in [-0.3, -0.25) is 0 Å². The third-order valence-corrected chi connectivity index (χ3v) is 2.38. The second-order valence-corrected chi connectivity index (χ2v) is 3.52. The summed E-state index contributed by atoms with van der Waals surface area (Å²) in [6.45, 7) is 5.15. The van der Waals surface area contributed by atoms with Crippen LogP contribution in [0.25, 0.3) is 0 Å². The highest BCUT2D eigenvalue weighted by Gasteiger charge is 2.39. The molecule has 0 aromatic rings. The van der Waals surface area contributed by atoms with E-state index in [1.54, 1.807) is 6.92 Å². The van der Waals surface area contributed by atoms with Gasteiger partial charge in [0, 0.05) is 5.92 Å². The third kappa shape index (κ3) is 2.38. The minimum Gasteiger partial charge on any atom is -0.467 e. The molecule has 0 fully saturated rings. The standard InChI is InChI=1S/C7H10Cl2O2/c1-4-5(2)7(8,9)6(10)11-3/h4-5H,1H2,2-3H3. The zero-order chi connectivity index (χ0) is 9.07. The second-order valence-electron chi connectivity index (χ2n) is 2.14. The normalized spacial score (nSPS) is 13.8. The number of methoxy groups -OCH3 is 1. The van der Waals surface area contributed by atoms with Crippen molar-refractivity contribution in [3.8, 4) is 0 Å². The number of halogens is 2. The van der Waals surface area contributed by atoms with Crippen LogP contribution in [0.5, 0.6) is 0 Å². The van der Waals surface area contributed by atoms with Gasteiger partial charge in [-0.1, -0.05) is 36.2 Å². The molecule has 0 aromatic carbocycles. The maximum atomic E-state index is 10.9. The number of rotatable bonds is 3. The van der Waals surface area contributed by atoms with E-state index in [2.05, 4.69) is 11.3 Å². The predicted octanol–water partition coefficient (Wildman–Crippen LogP) is 2.16. The van der Waals surface area contributed by atoms with Crippen molar-refractivity contribution >= 4 is 29.2 Å². The van der Waals surface area contributed by atoms with Crippen LogP contribution in [0.4, 0.5) is 0 Å². The minimum absolute atomic E-state index is 0.335. The molecule has 0 aromatic heterocycles. The lowest BCUT2D eigenvalue weighted by molar-refractivity contribution is -0.142. The van der Waals surface area contributed by atoms with Crippen LogP contribution >= 0.6 is 23.2 Å². The highest BCUT2D eigenvalue weighted by molar-refractivity contribution is 6.57. The van der Waals surface area contributed by atoms with Gasteiger partial charge in [-0.2, -0.15) is 0 Å². The molecular weight excluding hydrogens is 187 g/mol. The number of carbonyl (C=O) groups is 1. The zero-order valence-corrected chi connectivity index (χ0v) is 7.95.